The lowest BCUT2D eigenvalue weighted by molar-refractivity contribution is 0.379. The van der Waals surface area contributed by atoms with Gasteiger partial charge in [-0.3, -0.25) is 0 Å². The summed E-state index contributed by atoms with van der Waals surface area (Å²) in [7, 11) is 3.55. The van der Waals surface area contributed by atoms with E-state index in [0.717, 1.165) is 28.0 Å². The zero-order chi connectivity index (χ0) is 13.4. The van der Waals surface area contributed by atoms with Crippen LogP contribution in [0.2, 0.25) is 0 Å². The van der Waals surface area contributed by atoms with Gasteiger partial charge in [-0.2, -0.15) is 4.98 Å². The average Bonchev–Trinajstić information content (AvgIpc) is 2.79. The van der Waals surface area contributed by atoms with Crippen LogP contribution in [0.25, 0.3) is 22.3 Å². The lowest BCUT2D eigenvalue weighted by Gasteiger charge is -2.05. The predicted octanol–water partition coefficient (Wildman–Crippen LogP) is 2.35. The van der Waals surface area contributed by atoms with Crippen molar-refractivity contribution in [3.63, 3.8) is 0 Å². The molecule has 0 amide bonds. The summed E-state index contributed by atoms with van der Waals surface area (Å²) >= 11 is 0. The van der Waals surface area contributed by atoms with Crippen LogP contribution in [0.4, 0.5) is 0 Å². The Morgan fingerprint density at radius 2 is 2.00 bits per heavy atom. The van der Waals surface area contributed by atoms with Crippen LogP contribution in [0.15, 0.2) is 30.6 Å². The first-order valence-electron chi connectivity index (χ1n) is 5.98. The van der Waals surface area contributed by atoms with E-state index in [1.54, 1.807) is 13.4 Å². The lowest BCUT2D eigenvalue weighted by atomic mass is 10.1. The van der Waals surface area contributed by atoms with Gasteiger partial charge in [0.15, 0.2) is 0 Å². The van der Waals surface area contributed by atoms with E-state index in [0.29, 0.717) is 6.01 Å². The summed E-state index contributed by atoms with van der Waals surface area (Å²) in [6.07, 6.45) is 1.81. The van der Waals surface area contributed by atoms with Gasteiger partial charge < -0.3 is 9.30 Å². The molecule has 96 valence electrons. The Kier molecular flexibility index (Phi) is 2.67. The van der Waals surface area contributed by atoms with Gasteiger partial charge in [0.25, 0.3) is 0 Å². The van der Waals surface area contributed by atoms with Crippen LogP contribution in [0, 0.1) is 6.92 Å². The van der Waals surface area contributed by atoms with Crippen molar-refractivity contribution in [2.24, 2.45) is 7.05 Å². The molecular weight excluding hydrogens is 240 g/mol. The third-order valence-corrected chi connectivity index (χ3v) is 3.04. The Morgan fingerprint density at radius 3 is 2.79 bits per heavy atom. The first kappa shape index (κ1) is 11.6. The molecule has 0 aliphatic heterocycles. The molecule has 0 bridgehead atoms. The molecule has 19 heavy (non-hydrogen) atoms. The van der Waals surface area contributed by atoms with Crippen molar-refractivity contribution < 1.29 is 4.74 Å². The van der Waals surface area contributed by atoms with Crippen molar-refractivity contribution >= 4 is 11.0 Å². The molecule has 0 N–H and O–H groups in total. The Labute approximate surface area is 110 Å². The fourth-order valence-electron chi connectivity index (χ4n) is 2.08. The summed E-state index contributed by atoms with van der Waals surface area (Å²) in [5.41, 5.74) is 4.78. The molecule has 0 atom stereocenters. The zero-order valence-electron chi connectivity index (χ0n) is 11.1. The van der Waals surface area contributed by atoms with Crippen molar-refractivity contribution in [2.45, 2.75) is 6.92 Å². The molecule has 0 unspecified atom stereocenters. The number of imidazole rings is 1. The van der Waals surface area contributed by atoms with E-state index in [1.807, 2.05) is 42.8 Å². The highest BCUT2D eigenvalue weighted by Crippen LogP contribution is 2.23. The van der Waals surface area contributed by atoms with Crippen molar-refractivity contribution in [2.75, 3.05) is 7.11 Å². The minimum Gasteiger partial charge on any atom is -0.467 e. The van der Waals surface area contributed by atoms with Gasteiger partial charge in [0.05, 0.1) is 30.2 Å². The average molecular weight is 254 g/mol. The number of benzene rings is 1. The van der Waals surface area contributed by atoms with E-state index in [-0.39, 0.29) is 0 Å². The fourth-order valence-corrected chi connectivity index (χ4v) is 2.08. The van der Waals surface area contributed by atoms with Gasteiger partial charge in [0.2, 0.25) is 0 Å². The molecule has 0 radical (unpaired) electrons. The Morgan fingerprint density at radius 1 is 1.16 bits per heavy atom. The third kappa shape index (κ3) is 2.03. The second kappa shape index (κ2) is 4.35. The molecule has 5 heteroatoms. The number of nitrogens with zero attached hydrogens (tertiary/aromatic N) is 4. The maximum Gasteiger partial charge on any atom is 0.316 e. The molecule has 5 nitrogen and oxygen atoms in total. The normalized spacial score (nSPS) is 10.9. The highest BCUT2D eigenvalue weighted by molar-refractivity contribution is 5.81. The maximum atomic E-state index is 5.11. The van der Waals surface area contributed by atoms with Crippen molar-refractivity contribution in [1.29, 1.82) is 0 Å². The zero-order valence-corrected chi connectivity index (χ0v) is 11.1. The second-order valence-electron chi connectivity index (χ2n) is 4.44. The number of hydrogen-bond donors (Lipinski definition) is 0. The highest BCUT2D eigenvalue weighted by atomic mass is 16.5. The van der Waals surface area contributed by atoms with Crippen LogP contribution < -0.4 is 4.74 Å². The van der Waals surface area contributed by atoms with Crippen LogP contribution in [-0.2, 0) is 7.05 Å². The molecule has 3 rings (SSSR count). The monoisotopic (exact) mass is 254 g/mol. The predicted molar refractivity (Wildman–Crippen MR) is 73.0 cm³/mol. The summed E-state index contributed by atoms with van der Waals surface area (Å²) in [6.45, 7) is 1.92. The lowest BCUT2D eigenvalue weighted by Crippen LogP contribution is -1.96. The van der Waals surface area contributed by atoms with Crippen LogP contribution in [0.5, 0.6) is 6.01 Å². The van der Waals surface area contributed by atoms with Crippen LogP contribution in [0.1, 0.15) is 5.69 Å². The van der Waals surface area contributed by atoms with Gasteiger partial charge in [-0.25, -0.2) is 9.97 Å². The first-order chi connectivity index (χ1) is 9.17. The summed E-state index contributed by atoms with van der Waals surface area (Å²) in [4.78, 5) is 12.9. The summed E-state index contributed by atoms with van der Waals surface area (Å²) in [6, 6.07) is 8.42. The van der Waals surface area contributed by atoms with E-state index >= 15 is 0 Å². The Hall–Kier alpha value is -2.43. The van der Waals surface area contributed by atoms with Gasteiger partial charge >= 0.3 is 6.01 Å². The molecule has 0 aliphatic carbocycles. The van der Waals surface area contributed by atoms with Gasteiger partial charge in [0, 0.05) is 18.3 Å². The quantitative estimate of drug-likeness (QED) is 0.704. The topological polar surface area (TPSA) is 52.8 Å². The Bertz CT molecular complexity index is 748. The smallest absolute Gasteiger partial charge is 0.316 e. The molecule has 0 saturated carbocycles. The SMILES string of the molecule is COc1nc(C)cc(-c2ccc3c(c2)ncn3C)n1. The minimum atomic E-state index is 0.385. The molecule has 0 spiro atoms. The van der Waals surface area contributed by atoms with E-state index < -0.39 is 0 Å². The molecule has 2 aromatic heterocycles. The largest absolute Gasteiger partial charge is 0.467 e. The van der Waals surface area contributed by atoms with E-state index in [1.165, 1.54) is 0 Å². The van der Waals surface area contributed by atoms with Crippen LogP contribution in [0.3, 0.4) is 0 Å². The van der Waals surface area contributed by atoms with Gasteiger partial charge in [-0.15, -0.1) is 0 Å². The molecule has 0 saturated heterocycles. The van der Waals surface area contributed by atoms with Crippen LogP contribution in [-0.4, -0.2) is 26.6 Å². The maximum absolute atomic E-state index is 5.11. The van der Waals surface area contributed by atoms with Crippen molar-refractivity contribution in [3.8, 4) is 17.3 Å². The molecule has 3 aromatic rings. The number of ether oxygens (including phenoxy) is 1. The van der Waals surface area contributed by atoms with E-state index in [9.17, 15) is 0 Å². The fraction of sp³-hybridized carbons (Fsp3) is 0.214. The van der Waals surface area contributed by atoms with Gasteiger partial charge in [0.1, 0.15) is 0 Å². The standard InChI is InChI=1S/C14H14N4O/c1-9-6-11(17-14(16-9)19-3)10-4-5-13-12(7-10)15-8-18(13)2/h4-8H,1-3H3. The van der Waals surface area contributed by atoms with Crippen LogP contribution >= 0.6 is 0 Å². The first-order valence-corrected chi connectivity index (χ1v) is 5.98. The van der Waals surface area contributed by atoms with Crippen molar-refractivity contribution in [3.05, 3.63) is 36.3 Å². The molecular formula is C14H14N4O. The third-order valence-electron chi connectivity index (χ3n) is 3.04. The number of hydrogen-bond acceptors (Lipinski definition) is 4. The van der Waals surface area contributed by atoms with Gasteiger partial charge in [-0.05, 0) is 25.1 Å². The summed E-state index contributed by atoms with van der Waals surface area (Å²) in [5, 5.41) is 0. The summed E-state index contributed by atoms with van der Waals surface area (Å²) in [5.74, 6) is 0. The number of methoxy groups -OCH3 is 1. The van der Waals surface area contributed by atoms with E-state index in [4.69, 9.17) is 4.74 Å². The number of aryl methyl sites for hydroxylation is 2. The van der Waals surface area contributed by atoms with Crippen molar-refractivity contribution in [1.82, 2.24) is 19.5 Å². The number of rotatable bonds is 2. The molecule has 2 heterocycles. The van der Waals surface area contributed by atoms with Gasteiger partial charge in [-0.1, -0.05) is 6.07 Å². The summed E-state index contributed by atoms with van der Waals surface area (Å²) < 4.78 is 7.10. The molecule has 0 fully saturated rings. The molecule has 0 aliphatic rings. The number of fused-ring (bicyclic) bond motifs is 1. The second-order valence-corrected chi connectivity index (χ2v) is 4.44. The minimum absolute atomic E-state index is 0.385. The number of aromatic nitrogens is 4. The molecule has 1 aromatic carbocycles. The highest BCUT2D eigenvalue weighted by Gasteiger charge is 2.07. The Balaban J connectivity index is 2.15. The van der Waals surface area contributed by atoms with E-state index in [2.05, 4.69) is 15.0 Å².